The van der Waals surface area contributed by atoms with Crippen LogP contribution in [0.1, 0.15) is 0 Å². The van der Waals surface area contributed by atoms with Crippen molar-refractivity contribution >= 4 is 65.4 Å². The molecule has 0 saturated carbocycles. The Balaban J connectivity index is 1.22. The first-order valence-electron chi connectivity index (χ1n) is 15.5. The highest BCUT2D eigenvalue weighted by Crippen LogP contribution is 2.38. The molecule has 0 saturated heterocycles. The smallest absolute Gasteiger partial charge is 0.235 e. The van der Waals surface area contributed by atoms with E-state index in [4.69, 9.17) is 14.4 Å². The molecule has 0 atom stereocenters. The molecular formula is C42H25N3O. The molecule has 46 heavy (non-hydrogen) atoms. The van der Waals surface area contributed by atoms with Crippen molar-refractivity contribution in [2.75, 3.05) is 0 Å². The standard InChI is InChI=1S/C42H25N3O/c1-2-12-29-26(10-1)11-9-16-32(29)41-33-15-3-6-17-36(33)43-42(44-41)45-37-18-7-4-13-30(37)34-24-27(20-22-38(34)45)28-21-23-40-35(25-28)31-14-5-8-19-39(31)46-40/h1-25H. The average molecular weight is 588 g/mol. The summed E-state index contributed by atoms with van der Waals surface area (Å²) in [6.07, 6.45) is 0. The van der Waals surface area contributed by atoms with Crippen molar-refractivity contribution < 1.29 is 4.42 Å². The van der Waals surface area contributed by atoms with Gasteiger partial charge in [0, 0.05) is 32.5 Å². The monoisotopic (exact) mass is 587 g/mol. The topological polar surface area (TPSA) is 43.9 Å². The van der Waals surface area contributed by atoms with Gasteiger partial charge in [0.05, 0.1) is 22.2 Å². The summed E-state index contributed by atoms with van der Waals surface area (Å²) in [5.74, 6) is 0.659. The zero-order valence-electron chi connectivity index (χ0n) is 24.7. The number of aromatic nitrogens is 3. The molecule has 7 aromatic carbocycles. The van der Waals surface area contributed by atoms with E-state index in [2.05, 4.69) is 138 Å². The summed E-state index contributed by atoms with van der Waals surface area (Å²) >= 11 is 0. The molecule has 0 radical (unpaired) electrons. The quantitative estimate of drug-likeness (QED) is 0.207. The van der Waals surface area contributed by atoms with Gasteiger partial charge in [-0.3, -0.25) is 4.57 Å². The predicted molar refractivity (Wildman–Crippen MR) is 190 cm³/mol. The largest absolute Gasteiger partial charge is 0.456 e. The summed E-state index contributed by atoms with van der Waals surface area (Å²) in [5, 5.41) is 7.98. The lowest BCUT2D eigenvalue weighted by Gasteiger charge is -2.13. The number of hydrogen-bond donors (Lipinski definition) is 0. The Kier molecular flexibility index (Phi) is 5.25. The third-order valence-corrected chi connectivity index (χ3v) is 9.22. The van der Waals surface area contributed by atoms with Crippen LogP contribution in [0.3, 0.4) is 0 Å². The fraction of sp³-hybridized carbons (Fsp3) is 0. The number of benzene rings is 7. The highest BCUT2D eigenvalue weighted by molar-refractivity contribution is 6.11. The Hall–Kier alpha value is -6.26. The highest BCUT2D eigenvalue weighted by atomic mass is 16.3. The average Bonchev–Trinajstić information content (AvgIpc) is 3.66. The number of rotatable bonds is 3. The van der Waals surface area contributed by atoms with E-state index in [-0.39, 0.29) is 0 Å². The first-order chi connectivity index (χ1) is 22.8. The summed E-state index contributed by atoms with van der Waals surface area (Å²) in [6, 6.07) is 53.2. The fourth-order valence-electron chi connectivity index (χ4n) is 7.08. The first kappa shape index (κ1) is 25.1. The summed E-state index contributed by atoms with van der Waals surface area (Å²) in [5.41, 5.74) is 9.20. The Morgan fingerprint density at radius 3 is 2.00 bits per heavy atom. The Labute approximate surface area is 263 Å². The van der Waals surface area contributed by atoms with E-state index < -0.39 is 0 Å². The first-order valence-corrected chi connectivity index (χ1v) is 15.5. The predicted octanol–water partition coefficient (Wildman–Crippen LogP) is 11.1. The molecule has 10 aromatic rings. The van der Waals surface area contributed by atoms with Crippen molar-refractivity contribution in [3.63, 3.8) is 0 Å². The van der Waals surface area contributed by atoms with Crippen LogP contribution in [0.5, 0.6) is 0 Å². The zero-order valence-corrected chi connectivity index (χ0v) is 24.7. The van der Waals surface area contributed by atoms with Crippen LogP contribution in [-0.2, 0) is 0 Å². The van der Waals surface area contributed by atoms with Gasteiger partial charge in [-0.05, 0) is 64.4 Å². The highest BCUT2D eigenvalue weighted by Gasteiger charge is 2.19. The van der Waals surface area contributed by atoms with Gasteiger partial charge in [0.2, 0.25) is 5.95 Å². The Morgan fingerprint density at radius 1 is 0.435 bits per heavy atom. The minimum Gasteiger partial charge on any atom is -0.456 e. The van der Waals surface area contributed by atoms with Crippen LogP contribution in [0, 0.1) is 0 Å². The van der Waals surface area contributed by atoms with E-state index in [1.807, 2.05) is 18.2 Å². The van der Waals surface area contributed by atoms with Crippen LogP contribution in [0.25, 0.3) is 93.8 Å². The number of furan rings is 1. The third kappa shape index (κ3) is 3.67. The molecule has 0 aliphatic carbocycles. The number of para-hydroxylation sites is 3. The van der Waals surface area contributed by atoms with Gasteiger partial charge < -0.3 is 4.42 Å². The van der Waals surface area contributed by atoms with Gasteiger partial charge in [-0.1, -0.05) is 109 Å². The minimum atomic E-state index is 0.659. The molecule has 0 amide bonds. The van der Waals surface area contributed by atoms with Crippen molar-refractivity contribution in [3.05, 3.63) is 152 Å². The molecule has 3 heterocycles. The summed E-state index contributed by atoms with van der Waals surface area (Å²) in [4.78, 5) is 10.5. The van der Waals surface area contributed by atoms with E-state index in [9.17, 15) is 0 Å². The van der Waals surface area contributed by atoms with Crippen molar-refractivity contribution in [3.8, 4) is 28.3 Å². The molecule has 10 rings (SSSR count). The maximum atomic E-state index is 6.10. The van der Waals surface area contributed by atoms with Crippen LogP contribution in [0.4, 0.5) is 0 Å². The van der Waals surface area contributed by atoms with E-state index in [1.165, 1.54) is 10.8 Å². The van der Waals surface area contributed by atoms with Gasteiger partial charge in [-0.15, -0.1) is 0 Å². The molecule has 0 N–H and O–H groups in total. The SMILES string of the molecule is c1ccc2c(-c3nc(-n4c5ccccc5c5cc(-c6ccc7oc8ccccc8c7c6)ccc54)nc4ccccc34)cccc2c1. The summed E-state index contributed by atoms with van der Waals surface area (Å²) < 4.78 is 8.31. The lowest BCUT2D eigenvalue weighted by atomic mass is 9.99. The fourth-order valence-corrected chi connectivity index (χ4v) is 7.08. The lowest BCUT2D eigenvalue weighted by molar-refractivity contribution is 0.669. The molecule has 4 heteroatoms. The molecule has 4 nitrogen and oxygen atoms in total. The molecule has 0 fully saturated rings. The molecule has 0 aliphatic rings. The maximum Gasteiger partial charge on any atom is 0.235 e. The molecule has 0 unspecified atom stereocenters. The molecule has 0 aliphatic heterocycles. The van der Waals surface area contributed by atoms with Gasteiger partial charge in [0.25, 0.3) is 0 Å². The van der Waals surface area contributed by atoms with Crippen molar-refractivity contribution in [2.24, 2.45) is 0 Å². The van der Waals surface area contributed by atoms with Crippen LogP contribution >= 0.6 is 0 Å². The second-order valence-electron chi connectivity index (χ2n) is 11.8. The summed E-state index contributed by atoms with van der Waals surface area (Å²) in [6.45, 7) is 0. The normalized spacial score (nSPS) is 11.9. The van der Waals surface area contributed by atoms with E-state index >= 15 is 0 Å². The second kappa shape index (κ2) is 9.62. The van der Waals surface area contributed by atoms with Crippen LogP contribution in [0.15, 0.2) is 156 Å². The van der Waals surface area contributed by atoms with Crippen LogP contribution < -0.4 is 0 Å². The van der Waals surface area contributed by atoms with Crippen molar-refractivity contribution in [1.82, 2.24) is 14.5 Å². The van der Waals surface area contributed by atoms with Crippen LogP contribution in [-0.4, -0.2) is 14.5 Å². The van der Waals surface area contributed by atoms with Crippen LogP contribution in [0.2, 0.25) is 0 Å². The molecule has 3 aromatic heterocycles. The molecule has 0 bridgehead atoms. The van der Waals surface area contributed by atoms with Gasteiger partial charge >= 0.3 is 0 Å². The van der Waals surface area contributed by atoms with E-state index in [0.717, 1.165) is 77.0 Å². The lowest BCUT2D eigenvalue weighted by Crippen LogP contribution is -2.03. The Bertz CT molecular complexity index is 2820. The summed E-state index contributed by atoms with van der Waals surface area (Å²) in [7, 11) is 0. The minimum absolute atomic E-state index is 0.659. The second-order valence-corrected chi connectivity index (χ2v) is 11.8. The molecule has 214 valence electrons. The van der Waals surface area contributed by atoms with Gasteiger partial charge in [-0.2, -0.15) is 0 Å². The van der Waals surface area contributed by atoms with Gasteiger partial charge in [0.1, 0.15) is 11.2 Å². The number of nitrogens with zero attached hydrogens (tertiary/aromatic N) is 3. The Morgan fingerprint density at radius 2 is 1.09 bits per heavy atom. The van der Waals surface area contributed by atoms with Crippen molar-refractivity contribution in [1.29, 1.82) is 0 Å². The van der Waals surface area contributed by atoms with Gasteiger partial charge in [0.15, 0.2) is 0 Å². The van der Waals surface area contributed by atoms with Crippen molar-refractivity contribution in [2.45, 2.75) is 0 Å². The molecule has 0 spiro atoms. The molecular weight excluding hydrogens is 562 g/mol. The third-order valence-electron chi connectivity index (χ3n) is 9.22. The van der Waals surface area contributed by atoms with E-state index in [1.54, 1.807) is 0 Å². The maximum absolute atomic E-state index is 6.10. The zero-order chi connectivity index (χ0) is 30.2. The van der Waals surface area contributed by atoms with Gasteiger partial charge in [-0.25, -0.2) is 9.97 Å². The number of hydrogen-bond acceptors (Lipinski definition) is 3. The van der Waals surface area contributed by atoms with E-state index in [0.29, 0.717) is 5.95 Å². The number of fused-ring (bicyclic) bond motifs is 8.